The molecule has 0 aliphatic rings. The predicted octanol–water partition coefficient (Wildman–Crippen LogP) is 12.7. The second-order valence-corrected chi connectivity index (χ2v) is 11.9. The number of ether oxygens (including phenoxy) is 2. The highest BCUT2D eigenvalue weighted by atomic mass is 16.5. The van der Waals surface area contributed by atoms with Gasteiger partial charge in [0, 0.05) is 13.8 Å². The lowest BCUT2D eigenvalue weighted by Crippen LogP contribution is -1.98. The molecule has 0 aromatic carbocycles. The predicted molar refractivity (Wildman–Crippen MR) is 192 cm³/mol. The summed E-state index contributed by atoms with van der Waals surface area (Å²) in [4.78, 5) is 21.1. The third kappa shape index (κ3) is 46.8. The van der Waals surface area contributed by atoms with Gasteiger partial charge in [0.15, 0.2) is 0 Å². The lowest BCUT2D eigenvalue weighted by atomic mass is 10.1. The Bertz CT molecular complexity index is 704. The lowest BCUT2D eigenvalue weighted by molar-refractivity contribution is -0.141. The fourth-order valence-electron chi connectivity index (χ4n) is 4.61. The van der Waals surface area contributed by atoms with Gasteiger partial charge in [-0.05, 0) is 70.6 Å². The molecular formula is C40H72O4. The average Bonchev–Trinajstić information content (AvgIpc) is 3.00. The molecule has 0 aliphatic heterocycles. The van der Waals surface area contributed by atoms with Gasteiger partial charge >= 0.3 is 11.9 Å². The van der Waals surface area contributed by atoms with Gasteiger partial charge in [-0.1, -0.05) is 146 Å². The van der Waals surface area contributed by atoms with Gasteiger partial charge in [0.05, 0.1) is 6.61 Å². The third-order valence-electron chi connectivity index (χ3n) is 7.32. The van der Waals surface area contributed by atoms with Gasteiger partial charge in [-0.3, -0.25) is 9.59 Å². The van der Waals surface area contributed by atoms with Crippen LogP contribution < -0.4 is 0 Å². The first-order valence-corrected chi connectivity index (χ1v) is 18.4. The summed E-state index contributed by atoms with van der Waals surface area (Å²) in [7, 11) is 0. The number of hydrogen-bond donors (Lipinski definition) is 0. The SMILES string of the molecule is CCCCC=CCCCCCCCCC=CCCOC(C)=O.CCCCC=CCCCCCCCCCC=CCOC(C)=O. The van der Waals surface area contributed by atoms with Crippen LogP contribution in [0.3, 0.4) is 0 Å². The minimum atomic E-state index is -0.207. The quantitative estimate of drug-likeness (QED) is 0.0457. The summed E-state index contributed by atoms with van der Waals surface area (Å²) >= 11 is 0. The highest BCUT2D eigenvalue weighted by Crippen LogP contribution is 2.11. The normalized spacial score (nSPS) is 11.5. The zero-order chi connectivity index (χ0) is 32.6. The van der Waals surface area contributed by atoms with Crippen LogP contribution in [0.5, 0.6) is 0 Å². The van der Waals surface area contributed by atoms with Gasteiger partial charge in [-0.2, -0.15) is 0 Å². The molecule has 4 nitrogen and oxygen atoms in total. The molecule has 0 saturated heterocycles. The lowest BCUT2D eigenvalue weighted by Gasteiger charge is -2.00. The Morgan fingerprint density at radius 3 is 1.02 bits per heavy atom. The molecule has 0 aromatic heterocycles. The number of hydrogen-bond acceptors (Lipinski definition) is 4. The van der Waals surface area contributed by atoms with Crippen LogP contribution in [0.15, 0.2) is 48.6 Å². The van der Waals surface area contributed by atoms with E-state index in [0.717, 1.165) is 19.3 Å². The monoisotopic (exact) mass is 617 g/mol. The minimum absolute atomic E-state index is 0.190. The van der Waals surface area contributed by atoms with Crippen LogP contribution in [0.25, 0.3) is 0 Å². The molecule has 256 valence electrons. The van der Waals surface area contributed by atoms with E-state index in [2.05, 4.69) is 56.4 Å². The van der Waals surface area contributed by atoms with Crippen molar-refractivity contribution in [2.75, 3.05) is 13.2 Å². The molecule has 0 bridgehead atoms. The molecule has 0 N–H and O–H groups in total. The zero-order valence-corrected chi connectivity index (χ0v) is 29.6. The number of carbonyl (C=O) groups excluding carboxylic acids is 2. The van der Waals surface area contributed by atoms with E-state index in [1.807, 2.05) is 6.08 Å². The van der Waals surface area contributed by atoms with Crippen LogP contribution in [0.1, 0.15) is 182 Å². The Morgan fingerprint density at radius 2 is 0.682 bits per heavy atom. The van der Waals surface area contributed by atoms with Crippen molar-refractivity contribution in [1.82, 2.24) is 0 Å². The molecule has 0 spiro atoms. The summed E-state index contributed by atoms with van der Waals surface area (Å²) in [6.45, 7) is 8.31. The molecule has 0 saturated carbocycles. The van der Waals surface area contributed by atoms with Crippen molar-refractivity contribution in [1.29, 1.82) is 0 Å². The molecule has 0 rings (SSSR count). The van der Waals surface area contributed by atoms with E-state index in [-0.39, 0.29) is 11.9 Å². The summed E-state index contributed by atoms with van der Waals surface area (Å²) in [5.41, 5.74) is 0. The van der Waals surface area contributed by atoms with E-state index in [9.17, 15) is 9.59 Å². The molecule has 0 unspecified atom stereocenters. The number of rotatable bonds is 30. The van der Waals surface area contributed by atoms with Gasteiger partial charge in [0.1, 0.15) is 6.61 Å². The number of unbranched alkanes of at least 4 members (excludes halogenated alkanes) is 19. The Morgan fingerprint density at radius 1 is 0.386 bits per heavy atom. The van der Waals surface area contributed by atoms with E-state index < -0.39 is 0 Å². The fourth-order valence-corrected chi connectivity index (χ4v) is 4.61. The van der Waals surface area contributed by atoms with Crippen LogP contribution in [0, 0.1) is 0 Å². The Balaban J connectivity index is 0. The highest BCUT2D eigenvalue weighted by molar-refractivity contribution is 5.66. The fraction of sp³-hybridized carbons (Fsp3) is 0.750. The van der Waals surface area contributed by atoms with Gasteiger partial charge < -0.3 is 9.47 Å². The summed E-state index contributed by atoms with van der Waals surface area (Å²) in [6, 6.07) is 0. The Hall–Kier alpha value is -2.10. The molecule has 0 aromatic rings. The third-order valence-corrected chi connectivity index (χ3v) is 7.32. The summed E-state index contributed by atoms with van der Waals surface area (Å²) in [5, 5.41) is 0. The van der Waals surface area contributed by atoms with Crippen molar-refractivity contribution in [2.45, 2.75) is 182 Å². The maximum Gasteiger partial charge on any atom is 0.302 e. The molecule has 0 atom stereocenters. The minimum Gasteiger partial charge on any atom is -0.466 e. The first kappa shape index (κ1) is 44.0. The first-order chi connectivity index (χ1) is 21.5. The molecule has 0 radical (unpaired) electrons. The largest absolute Gasteiger partial charge is 0.466 e. The van der Waals surface area contributed by atoms with Gasteiger partial charge in [-0.25, -0.2) is 0 Å². The summed E-state index contributed by atoms with van der Waals surface area (Å²) in [6.07, 6.45) is 48.6. The van der Waals surface area contributed by atoms with Crippen LogP contribution in [0.2, 0.25) is 0 Å². The van der Waals surface area contributed by atoms with Gasteiger partial charge in [-0.15, -0.1) is 0 Å². The topological polar surface area (TPSA) is 52.6 Å². The van der Waals surface area contributed by atoms with Crippen molar-refractivity contribution in [3.05, 3.63) is 48.6 Å². The molecule has 44 heavy (non-hydrogen) atoms. The van der Waals surface area contributed by atoms with E-state index in [1.165, 1.54) is 149 Å². The van der Waals surface area contributed by atoms with Gasteiger partial charge in [0.2, 0.25) is 0 Å². The molecule has 4 heteroatoms. The standard InChI is InChI=1S/2C20H36O2/c2*1-3-4-5-6-7-8-9-10-11-12-13-14-15-16-17-18-19-22-20(2)21/h6-7,17-18H,3-5,8-16,19H2,1-2H3;6-7,16-17H,3-5,8-15,18-19H2,1-2H3. The molecule has 0 amide bonds. The van der Waals surface area contributed by atoms with Crippen LogP contribution >= 0.6 is 0 Å². The van der Waals surface area contributed by atoms with Crippen molar-refractivity contribution < 1.29 is 19.1 Å². The van der Waals surface area contributed by atoms with Crippen LogP contribution in [-0.2, 0) is 19.1 Å². The molecule has 0 aliphatic carbocycles. The summed E-state index contributed by atoms with van der Waals surface area (Å²) < 4.78 is 9.70. The first-order valence-electron chi connectivity index (χ1n) is 18.4. The number of carbonyl (C=O) groups is 2. The smallest absolute Gasteiger partial charge is 0.302 e. The van der Waals surface area contributed by atoms with Crippen molar-refractivity contribution >= 4 is 11.9 Å². The van der Waals surface area contributed by atoms with Crippen LogP contribution in [-0.4, -0.2) is 25.2 Å². The second kappa shape index (κ2) is 40.9. The van der Waals surface area contributed by atoms with E-state index in [0.29, 0.717) is 13.2 Å². The number of esters is 2. The average molecular weight is 617 g/mol. The van der Waals surface area contributed by atoms with Crippen LogP contribution in [0.4, 0.5) is 0 Å². The molecular weight excluding hydrogens is 544 g/mol. The van der Waals surface area contributed by atoms with Crippen molar-refractivity contribution in [2.24, 2.45) is 0 Å². The maximum atomic E-state index is 10.6. The second-order valence-electron chi connectivity index (χ2n) is 11.9. The van der Waals surface area contributed by atoms with Crippen molar-refractivity contribution in [3.63, 3.8) is 0 Å². The van der Waals surface area contributed by atoms with Gasteiger partial charge in [0.25, 0.3) is 0 Å². The van der Waals surface area contributed by atoms with E-state index in [4.69, 9.17) is 9.47 Å². The Labute approximate surface area is 274 Å². The Kier molecular flexibility index (Phi) is 40.9. The molecule has 0 heterocycles. The zero-order valence-electron chi connectivity index (χ0n) is 29.6. The van der Waals surface area contributed by atoms with Crippen molar-refractivity contribution in [3.8, 4) is 0 Å². The van der Waals surface area contributed by atoms with E-state index >= 15 is 0 Å². The van der Waals surface area contributed by atoms with E-state index in [1.54, 1.807) is 0 Å². The molecule has 0 fully saturated rings. The maximum absolute atomic E-state index is 10.6. The number of allylic oxidation sites excluding steroid dienone is 6. The summed E-state index contributed by atoms with van der Waals surface area (Å²) in [5.74, 6) is -0.397. The highest BCUT2D eigenvalue weighted by Gasteiger charge is 1.93.